The number of sulfonamides is 1. The zero-order chi connectivity index (χ0) is 20.9. The molecule has 0 fully saturated rings. The zero-order valence-corrected chi connectivity index (χ0v) is 18.0. The molecule has 2 rings (SSSR count). The fourth-order valence-corrected chi connectivity index (χ4v) is 5.36. The van der Waals surface area contributed by atoms with E-state index in [2.05, 4.69) is 29.4 Å². The van der Waals surface area contributed by atoms with Crippen LogP contribution in [-0.2, 0) is 10.0 Å². The van der Waals surface area contributed by atoms with Crippen LogP contribution in [0.5, 0.6) is 0 Å². The van der Waals surface area contributed by atoms with Gasteiger partial charge < -0.3 is 0 Å². The molecule has 1 heterocycles. The van der Waals surface area contributed by atoms with Gasteiger partial charge in [0, 0.05) is 24.6 Å². The first-order valence-corrected chi connectivity index (χ1v) is 11.5. The summed E-state index contributed by atoms with van der Waals surface area (Å²) in [7, 11) is -4.02. The number of nitrogens with one attached hydrogen (secondary N) is 1. The molecule has 0 unspecified atom stereocenters. The topological polar surface area (TPSA) is 92.3 Å². The van der Waals surface area contributed by atoms with Crippen molar-refractivity contribution < 1.29 is 17.6 Å². The van der Waals surface area contributed by atoms with E-state index in [1.54, 1.807) is 13.8 Å². The predicted molar refractivity (Wildman–Crippen MR) is 108 cm³/mol. The van der Waals surface area contributed by atoms with Crippen LogP contribution in [0.1, 0.15) is 61.8 Å². The van der Waals surface area contributed by atoms with Crippen LogP contribution in [0.3, 0.4) is 0 Å². The summed E-state index contributed by atoms with van der Waals surface area (Å²) in [5.74, 6) is -1.18. The van der Waals surface area contributed by atoms with Crippen LogP contribution in [0.2, 0.25) is 0 Å². The minimum Gasteiger partial charge on any atom is -0.296 e. The number of hydrogen-bond acceptors (Lipinski definition) is 6. The molecule has 2 aromatic rings. The molecule has 1 aromatic carbocycles. The highest BCUT2D eigenvalue weighted by Gasteiger charge is 2.26. The van der Waals surface area contributed by atoms with Gasteiger partial charge >= 0.3 is 0 Å². The molecule has 10 heteroatoms. The first-order valence-electron chi connectivity index (χ1n) is 9.22. The van der Waals surface area contributed by atoms with Gasteiger partial charge in [0.1, 0.15) is 15.7 Å². The van der Waals surface area contributed by atoms with Crippen LogP contribution < -0.4 is 5.32 Å². The monoisotopic (exact) mass is 428 g/mol. The Hall–Kier alpha value is -1.91. The van der Waals surface area contributed by atoms with Gasteiger partial charge in [0.2, 0.25) is 15.2 Å². The second-order valence-corrected chi connectivity index (χ2v) is 9.06. The molecule has 1 amide bonds. The lowest BCUT2D eigenvalue weighted by atomic mass is 10.1. The number of halogens is 1. The van der Waals surface area contributed by atoms with E-state index in [4.69, 9.17) is 0 Å². The molecule has 1 N–H and O–H groups in total. The predicted octanol–water partition coefficient (Wildman–Crippen LogP) is 3.86. The first-order chi connectivity index (χ1) is 13.3. The van der Waals surface area contributed by atoms with E-state index < -0.39 is 26.6 Å². The highest BCUT2D eigenvalue weighted by Crippen LogP contribution is 2.28. The first kappa shape index (κ1) is 22.4. The van der Waals surface area contributed by atoms with E-state index in [9.17, 15) is 17.6 Å². The minimum atomic E-state index is -4.02. The molecule has 0 radical (unpaired) electrons. The van der Waals surface area contributed by atoms with Gasteiger partial charge in [-0.15, -0.1) is 10.2 Å². The minimum absolute atomic E-state index is 0.0337. The number of carbonyl (C=O) groups excluding carboxylic acids is 1. The maximum atomic E-state index is 14.2. The van der Waals surface area contributed by atoms with Crippen molar-refractivity contribution in [3.63, 3.8) is 0 Å². The van der Waals surface area contributed by atoms with Crippen molar-refractivity contribution in [1.82, 2.24) is 14.5 Å². The Bertz CT molecular complexity index is 923. The van der Waals surface area contributed by atoms with Gasteiger partial charge in [-0.25, -0.2) is 12.8 Å². The molecule has 0 spiro atoms. The summed E-state index contributed by atoms with van der Waals surface area (Å²) < 4.78 is 40.6. The molecule has 154 valence electrons. The summed E-state index contributed by atoms with van der Waals surface area (Å²) in [6.45, 7) is 7.87. The normalized spacial score (nSPS) is 12.0. The fraction of sp³-hybridized carbons (Fsp3) is 0.500. The summed E-state index contributed by atoms with van der Waals surface area (Å²) >= 11 is 1.28. The molecule has 1 aromatic heterocycles. The maximum absolute atomic E-state index is 14.2. The summed E-state index contributed by atoms with van der Waals surface area (Å²) in [6.07, 6.45) is 1.84. The summed E-state index contributed by atoms with van der Waals surface area (Å²) in [4.78, 5) is 12.0. The van der Waals surface area contributed by atoms with Crippen LogP contribution in [0.4, 0.5) is 9.52 Å². The number of aromatic nitrogens is 2. The molecule has 7 nitrogen and oxygen atoms in total. The number of rotatable bonds is 9. The van der Waals surface area contributed by atoms with Gasteiger partial charge in [-0.3, -0.25) is 10.1 Å². The van der Waals surface area contributed by atoms with Gasteiger partial charge in [0.25, 0.3) is 5.91 Å². The number of hydrogen-bond donors (Lipinski definition) is 1. The Balaban J connectivity index is 2.28. The molecule has 0 saturated heterocycles. The smallest absolute Gasteiger partial charge is 0.257 e. The largest absolute Gasteiger partial charge is 0.296 e. The van der Waals surface area contributed by atoms with Crippen molar-refractivity contribution in [1.29, 1.82) is 0 Å². The van der Waals surface area contributed by atoms with E-state index in [-0.39, 0.29) is 24.6 Å². The van der Waals surface area contributed by atoms with Crippen LogP contribution in [0.15, 0.2) is 23.1 Å². The maximum Gasteiger partial charge on any atom is 0.257 e. The van der Waals surface area contributed by atoms with Crippen LogP contribution in [0, 0.1) is 5.82 Å². The summed E-state index contributed by atoms with van der Waals surface area (Å²) in [6, 6.07) is 3.29. The standard InChI is InChI=1S/C18H25FN4O3S2/c1-5-12(6-2)17-21-22-18(27-17)20-16(24)13-9-10-14(19)15(11-13)28(25,26)23(7-3)8-4/h9-12H,5-8H2,1-4H3,(H,20,22,24). The number of benzene rings is 1. The highest BCUT2D eigenvalue weighted by atomic mass is 32.2. The Morgan fingerprint density at radius 3 is 2.39 bits per heavy atom. The molecule has 0 aliphatic heterocycles. The average Bonchev–Trinajstić information content (AvgIpc) is 3.11. The van der Waals surface area contributed by atoms with Crippen molar-refractivity contribution in [3.05, 3.63) is 34.6 Å². The third-order valence-corrected chi connectivity index (χ3v) is 7.58. The lowest BCUT2D eigenvalue weighted by Gasteiger charge is -2.19. The van der Waals surface area contributed by atoms with Crippen molar-refractivity contribution in [2.45, 2.75) is 51.3 Å². The third kappa shape index (κ3) is 4.73. The van der Waals surface area contributed by atoms with Gasteiger partial charge in [-0.05, 0) is 31.0 Å². The van der Waals surface area contributed by atoms with E-state index in [0.717, 1.165) is 34.3 Å². The lowest BCUT2D eigenvalue weighted by Crippen LogP contribution is -2.31. The molecule has 0 aliphatic carbocycles. The number of amides is 1. The van der Waals surface area contributed by atoms with E-state index >= 15 is 0 Å². The third-order valence-electron chi connectivity index (χ3n) is 4.51. The van der Waals surface area contributed by atoms with E-state index in [1.165, 1.54) is 17.4 Å². The fourth-order valence-electron chi connectivity index (χ4n) is 2.80. The molecular formula is C18H25FN4O3S2. The van der Waals surface area contributed by atoms with Crippen molar-refractivity contribution in [2.75, 3.05) is 18.4 Å². The number of anilines is 1. The van der Waals surface area contributed by atoms with Crippen molar-refractivity contribution in [2.24, 2.45) is 0 Å². The van der Waals surface area contributed by atoms with Crippen LogP contribution in [0.25, 0.3) is 0 Å². The molecule has 0 atom stereocenters. The van der Waals surface area contributed by atoms with Crippen LogP contribution in [-0.4, -0.2) is 41.9 Å². The van der Waals surface area contributed by atoms with Gasteiger partial charge in [0.15, 0.2) is 0 Å². The Morgan fingerprint density at radius 2 is 1.82 bits per heavy atom. The second kappa shape index (κ2) is 9.53. The number of carbonyl (C=O) groups is 1. The van der Waals surface area contributed by atoms with Crippen LogP contribution >= 0.6 is 11.3 Å². The molecule has 0 bridgehead atoms. The average molecular weight is 429 g/mol. The van der Waals surface area contributed by atoms with Gasteiger partial charge in [-0.1, -0.05) is 39.0 Å². The van der Waals surface area contributed by atoms with Crippen molar-refractivity contribution in [3.8, 4) is 0 Å². The number of nitrogens with zero attached hydrogens (tertiary/aromatic N) is 3. The Morgan fingerprint density at radius 1 is 1.18 bits per heavy atom. The Labute approximate surface area is 169 Å². The molecule has 28 heavy (non-hydrogen) atoms. The van der Waals surface area contributed by atoms with E-state index in [1.807, 2.05) is 0 Å². The molecule has 0 aliphatic rings. The quantitative estimate of drug-likeness (QED) is 0.655. The van der Waals surface area contributed by atoms with E-state index in [0.29, 0.717) is 5.13 Å². The zero-order valence-electron chi connectivity index (χ0n) is 16.4. The SMILES string of the molecule is CCC(CC)c1nnc(NC(=O)c2ccc(F)c(S(=O)(=O)N(CC)CC)c2)s1. The molecular weight excluding hydrogens is 403 g/mol. The van der Waals surface area contributed by atoms with Gasteiger partial charge in [0.05, 0.1) is 0 Å². The second-order valence-electron chi connectivity index (χ2n) is 6.15. The summed E-state index contributed by atoms with van der Waals surface area (Å²) in [5.41, 5.74) is 0.0337. The Kier molecular flexibility index (Phi) is 7.62. The van der Waals surface area contributed by atoms with Crippen molar-refractivity contribution >= 4 is 32.4 Å². The highest BCUT2D eigenvalue weighted by molar-refractivity contribution is 7.89. The summed E-state index contributed by atoms with van der Waals surface area (Å²) in [5, 5.41) is 11.9. The van der Waals surface area contributed by atoms with Gasteiger partial charge in [-0.2, -0.15) is 4.31 Å². The lowest BCUT2D eigenvalue weighted by molar-refractivity contribution is 0.102. The molecule has 0 saturated carbocycles.